The van der Waals surface area contributed by atoms with E-state index < -0.39 is 26.5 Å². The van der Waals surface area contributed by atoms with Crippen LogP contribution in [-0.2, 0) is 10.0 Å². The molecule has 0 saturated carbocycles. The third kappa shape index (κ3) is 4.51. The van der Waals surface area contributed by atoms with Crippen LogP contribution in [0.4, 0.5) is 10.1 Å². The van der Waals surface area contributed by atoms with Gasteiger partial charge >= 0.3 is 5.69 Å². The normalized spacial score (nSPS) is 11.5. The summed E-state index contributed by atoms with van der Waals surface area (Å²) in [6, 6.07) is 2.47. The molecule has 0 spiro atoms. The molecule has 0 aliphatic carbocycles. The third-order valence-corrected chi connectivity index (χ3v) is 3.96. The molecule has 0 fully saturated rings. The molecule has 9 heteroatoms. The van der Waals surface area contributed by atoms with Gasteiger partial charge in [0.25, 0.3) is 0 Å². The average molecular weight is 305 g/mol. The first-order valence-corrected chi connectivity index (χ1v) is 7.51. The van der Waals surface area contributed by atoms with E-state index in [0.29, 0.717) is 19.0 Å². The molecule has 7 nitrogen and oxygen atoms in total. The van der Waals surface area contributed by atoms with Gasteiger partial charge in [0.15, 0.2) is 0 Å². The fraction of sp³-hybridized carbons (Fsp3) is 0.455. The Balaban J connectivity index is 2.77. The van der Waals surface area contributed by atoms with E-state index in [0.717, 1.165) is 18.7 Å². The Bertz CT molecular complexity index is 577. The topological polar surface area (TPSA) is 101 Å². The van der Waals surface area contributed by atoms with Gasteiger partial charge in [-0.1, -0.05) is 6.92 Å². The molecule has 0 aliphatic rings. The van der Waals surface area contributed by atoms with E-state index in [9.17, 15) is 22.9 Å². The summed E-state index contributed by atoms with van der Waals surface area (Å²) in [6.07, 6.45) is 0.580. The Labute approximate surface area is 116 Å². The lowest BCUT2D eigenvalue weighted by Crippen LogP contribution is -2.27. The molecule has 2 N–H and O–H groups in total. The van der Waals surface area contributed by atoms with Crippen LogP contribution in [0.5, 0.6) is 0 Å². The number of hydrogen-bond acceptors (Lipinski definition) is 5. The molecular formula is C11H16FN3O4S. The summed E-state index contributed by atoms with van der Waals surface area (Å²) in [4.78, 5) is 9.29. The molecule has 0 aliphatic heterocycles. The van der Waals surface area contributed by atoms with Gasteiger partial charge in [-0.25, -0.2) is 13.1 Å². The molecule has 1 aromatic carbocycles. The van der Waals surface area contributed by atoms with Crippen LogP contribution in [0.25, 0.3) is 0 Å². The van der Waals surface area contributed by atoms with E-state index in [2.05, 4.69) is 10.0 Å². The van der Waals surface area contributed by atoms with Gasteiger partial charge in [-0.05, 0) is 31.6 Å². The molecule has 0 unspecified atom stereocenters. The van der Waals surface area contributed by atoms with Crippen molar-refractivity contribution in [2.24, 2.45) is 0 Å². The van der Waals surface area contributed by atoms with Gasteiger partial charge in [0.05, 0.1) is 9.82 Å². The second kappa shape index (κ2) is 7.27. The van der Waals surface area contributed by atoms with Crippen LogP contribution in [0.2, 0.25) is 0 Å². The van der Waals surface area contributed by atoms with Crippen molar-refractivity contribution in [1.82, 2.24) is 10.0 Å². The SMILES string of the molecule is CCNCCCNS(=O)(=O)c1ccc(F)c([N+](=O)[O-])c1. The van der Waals surface area contributed by atoms with Gasteiger partial charge in [-0.15, -0.1) is 0 Å². The van der Waals surface area contributed by atoms with Gasteiger partial charge < -0.3 is 5.32 Å². The predicted octanol–water partition coefficient (Wildman–Crippen LogP) is 1.01. The van der Waals surface area contributed by atoms with Gasteiger partial charge in [0.2, 0.25) is 15.8 Å². The largest absolute Gasteiger partial charge is 0.317 e. The van der Waals surface area contributed by atoms with Crippen molar-refractivity contribution in [1.29, 1.82) is 0 Å². The zero-order valence-corrected chi connectivity index (χ0v) is 11.7. The monoisotopic (exact) mass is 305 g/mol. The van der Waals surface area contributed by atoms with E-state index >= 15 is 0 Å². The minimum atomic E-state index is -3.87. The van der Waals surface area contributed by atoms with Gasteiger partial charge in [-0.2, -0.15) is 4.39 Å². The van der Waals surface area contributed by atoms with Gasteiger partial charge in [-0.3, -0.25) is 10.1 Å². The number of hydrogen-bond donors (Lipinski definition) is 2. The highest BCUT2D eigenvalue weighted by molar-refractivity contribution is 7.89. The maximum Gasteiger partial charge on any atom is 0.306 e. The number of benzene rings is 1. The van der Waals surface area contributed by atoms with Crippen LogP contribution < -0.4 is 10.0 Å². The van der Waals surface area contributed by atoms with E-state index in [1.807, 2.05) is 6.92 Å². The number of rotatable bonds is 8. The smallest absolute Gasteiger partial charge is 0.306 e. The van der Waals surface area contributed by atoms with Crippen LogP contribution >= 0.6 is 0 Å². The summed E-state index contributed by atoms with van der Waals surface area (Å²) in [5.41, 5.74) is -0.861. The maximum atomic E-state index is 13.1. The minimum Gasteiger partial charge on any atom is -0.317 e. The summed E-state index contributed by atoms with van der Waals surface area (Å²) < 4.78 is 39.2. The highest BCUT2D eigenvalue weighted by Crippen LogP contribution is 2.21. The van der Waals surface area contributed by atoms with Crippen molar-refractivity contribution in [3.63, 3.8) is 0 Å². The number of halogens is 1. The van der Waals surface area contributed by atoms with Crippen LogP contribution in [0.3, 0.4) is 0 Å². The first-order chi connectivity index (χ1) is 9.38. The molecule has 0 heterocycles. The molecule has 0 atom stereocenters. The van der Waals surface area contributed by atoms with E-state index in [1.54, 1.807) is 0 Å². The average Bonchev–Trinajstić information content (AvgIpc) is 2.38. The zero-order chi connectivity index (χ0) is 15.2. The Hall–Kier alpha value is -1.58. The van der Waals surface area contributed by atoms with E-state index in [1.165, 1.54) is 0 Å². The Morgan fingerprint density at radius 3 is 2.65 bits per heavy atom. The Kier molecular flexibility index (Phi) is 5.99. The molecule has 0 saturated heterocycles. The summed E-state index contributed by atoms with van der Waals surface area (Å²) in [6.45, 7) is 3.57. The lowest BCUT2D eigenvalue weighted by molar-refractivity contribution is -0.387. The number of nitro groups is 1. The third-order valence-electron chi connectivity index (χ3n) is 2.50. The summed E-state index contributed by atoms with van der Waals surface area (Å²) in [5.74, 6) is -1.07. The van der Waals surface area contributed by atoms with Crippen molar-refractivity contribution >= 4 is 15.7 Å². The van der Waals surface area contributed by atoms with Crippen LogP contribution in [0, 0.1) is 15.9 Å². The molecule has 0 amide bonds. The van der Waals surface area contributed by atoms with Crippen LogP contribution in [0.1, 0.15) is 13.3 Å². The molecule has 112 valence electrons. The predicted molar refractivity (Wildman–Crippen MR) is 71.4 cm³/mol. The molecule has 1 aromatic rings. The highest BCUT2D eigenvalue weighted by Gasteiger charge is 2.20. The first-order valence-electron chi connectivity index (χ1n) is 6.03. The van der Waals surface area contributed by atoms with Gasteiger partial charge in [0.1, 0.15) is 0 Å². The molecule has 0 bridgehead atoms. The fourth-order valence-corrected chi connectivity index (χ4v) is 2.57. The number of nitrogens with zero attached hydrogens (tertiary/aromatic N) is 1. The van der Waals surface area contributed by atoms with Crippen molar-refractivity contribution < 1.29 is 17.7 Å². The zero-order valence-electron chi connectivity index (χ0n) is 10.9. The summed E-state index contributed by atoms with van der Waals surface area (Å²) in [5, 5.41) is 13.6. The maximum absolute atomic E-state index is 13.1. The summed E-state index contributed by atoms with van der Waals surface area (Å²) in [7, 11) is -3.87. The van der Waals surface area contributed by atoms with Crippen molar-refractivity contribution in [3.05, 3.63) is 34.1 Å². The van der Waals surface area contributed by atoms with Crippen molar-refractivity contribution in [2.75, 3.05) is 19.6 Å². The minimum absolute atomic E-state index is 0.195. The quantitative estimate of drug-likeness (QED) is 0.424. The van der Waals surface area contributed by atoms with Gasteiger partial charge in [0, 0.05) is 12.6 Å². The molecule has 1 rings (SSSR count). The van der Waals surface area contributed by atoms with Crippen LogP contribution in [-0.4, -0.2) is 33.0 Å². The highest BCUT2D eigenvalue weighted by atomic mass is 32.2. The molecular weight excluding hydrogens is 289 g/mol. The standard InChI is InChI=1S/C11H16FN3O4S/c1-2-13-6-3-7-14-20(18,19)9-4-5-10(12)11(8-9)15(16)17/h4-5,8,13-14H,2-3,6-7H2,1H3. The second-order valence-electron chi connectivity index (χ2n) is 3.98. The van der Waals surface area contributed by atoms with E-state index in [-0.39, 0.29) is 11.4 Å². The second-order valence-corrected chi connectivity index (χ2v) is 5.74. The lowest BCUT2D eigenvalue weighted by Gasteiger charge is -2.07. The molecule has 20 heavy (non-hydrogen) atoms. The van der Waals surface area contributed by atoms with Crippen molar-refractivity contribution in [3.8, 4) is 0 Å². The number of sulfonamides is 1. The first kappa shape index (κ1) is 16.5. The number of nitrogens with one attached hydrogen (secondary N) is 2. The number of nitro benzene ring substituents is 1. The molecule has 0 aromatic heterocycles. The Morgan fingerprint density at radius 2 is 2.05 bits per heavy atom. The molecule has 0 radical (unpaired) electrons. The fourth-order valence-electron chi connectivity index (χ4n) is 1.48. The Morgan fingerprint density at radius 1 is 1.35 bits per heavy atom. The summed E-state index contributed by atoms with van der Waals surface area (Å²) >= 11 is 0. The lowest BCUT2D eigenvalue weighted by atomic mass is 10.3. The van der Waals surface area contributed by atoms with E-state index in [4.69, 9.17) is 0 Å². The van der Waals surface area contributed by atoms with Crippen LogP contribution in [0.15, 0.2) is 23.1 Å². The van der Waals surface area contributed by atoms with Crippen molar-refractivity contribution in [2.45, 2.75) is 18.2 Å².